The van der Waals surface area contributed by atoms with E-state index in [4.69, 9.17) is 19.4 Å². The van der Waals surface area contributed by atoms with Gasteiger partial charge in [0.1, 0.15) is 58.2 Å². The monoisotopic (exact) mass is 801 g/mol. The van der Waals surface area contributed by atoms with Crippen molar-refractivity contribution in [3.8, 4) is 45.5 Å². The number of benzene rings is 8. The summed E-state index contributed by atoms with van der Waals surface area (Å²) in [5.74, 6) is 1.86. The molecule has 0 aliphatic carbocycles. The van der Waals surface area contributed by atoms with Crippen molar-refractivity contribution in [2.24, 2.45) is 0 Å². The third-order valence-corrected chi connectivity index (χ3v) is 13.0. The molecule has 0 spiro atoms. The lowest BCUT2D eigenvalue weighted by Crippen LogP contribution is -2.27. The molecular weight excluding hydrogens is 763 g/mol. The molecule has 0 N–H and O–H groups in total. The molecule has 0 aliphatic heterocycles. The highest BCUT2D eigenvalue weighted by atomic mass is 16.3. The SMILES string of the molecule is Bc1cc(B)c2c(c1)c1c(B)c(B)c3c4cc(B)cc(B)c4n(-c4cccc5oc6ccc(-c7nc(-c8ccccc8)nc(-c8ccccc8)n7)cc6c45)c3c1n2-c1ccccc1. The van der Waals surface area contributed by atoms with Gasteiger partial charge in [-0.2, -0.15) is 0 Å². The molecule has 12 rings (SSSR count). The highest BCUT2D eigenvalue weighted by molar-refractivity contribution is 6.61. The second-order valence-electron chi connectivity index (χ2n) is 17.2. The van der Waals surface area contributed by atoms with E-state index in [0.717, 1.165) is 50.0 Å². The Balaban J connectivity index is 1.22. The molecule has 290 valence electrons. The zero-order valence-corrected chi connectivity index (χ0v) is 36.1. The maximum atomic E-state index is 6.77. The predicted molar refractivity (Wildman–Crippen MR) is 281 cm³/mol. The van der Waals surface area contributed by atoms with Crippen LogP contribution in [-0.2, 0) is 0 Å². The summed E-state index contributed by atoms with van der Waals surface area (Å²) in [5.41, 5.74) is 19.0. The van der Waals surface area contributed by atoms with Crippen LogP contribution in [0, 0.1) is 0 Å². The van der Waals surface area contributed by atoms with Gasteiger partial charge in [-0.3, -0.25) is 0 Å². The molecule has 0 saturated heterocycles. The largest absolute Gasteiger partial charge is 0.456 e. The normalized spacial score (nSPS) is 11.9. The number of furan rings is 1. The van der Waals surface area contributed by atoms with Gasteiger partial charge in [0.05, 0.1) is 22.1 Å². The van der Waals surface area contributed by atoms with Crippen LogP contribution in [0.5, 0.6) is 0 Å². The number of nitrogens with zero attached hydrogens (tertiary/aromatic N) is 5. The first-order valence-corrected chi connectivity index (χ1v) is 21.6. The first kappa shape index (κ1) is 37.3. The Kier molecular flexibility index (Phi) is 8.32. The smallest absolute Gasteiger partial charge is 0.164 e. The van der Waals surface area contributed by atoms with E-state index in [9.17, 15) is 0 Å². The average molecular weight is 801 g/mol. The fraction of sp³-hybridized carbons (Fsp3) is 0. The third-order valence-electron chi connectivity index (χ3n) is 13.0. The molecule has 0 radical (unpaired) electrons. The molecule has 4 heterocycles. The van der Waals surface area contributed by atoms with Gasteiger partial charge >= 0.3 is 0 Å². The molecule has 4 aromatic heterocycles. The Morgan fingerprint density at radius 2 is 0.889 bits per heavy atom. The van der Waals surface area contributed by atoms with Crippen molar-refractivity contribution in [3.63, 3.8) is 0 Å². The molecular formula is C51H37B6N5O. The maximum absolute atomic E-state index is 6.77. The second kappa shape index (κ2) is 14.0. The Bertz CT molecular complexity index is 3810. The van der Waals surface area contributed by atoms with E-state index >= 15 is 0 Å². The van der Waals surface area contributed by atoms with Crippen LogP contribution in [0.4, 0.5) is 0 Å². The summed E-state index contributed by atoms with van der Waals surface area (Å²) in [7, 11) is 13.6. The van der Waals surface area contributed by atoms with Crippen LogP contribution in [0.2, 0.25) is 0 Å². The van der Waals surface area contributed by atoms with Crippen LogP contribution in [0.15, 0.2) is 156 Å². The first-order chi connectivity index (χ1) is 30.7. The minimum atomic E-state index is 0.602. The molecule has 0 fully saturated rings. The maximum Gasteiger partial charge on any atom is 0.164 e. The lowest BCUT2D eigenvalue weighted by molar-refractivity contribution is 0.669. The Labute approximate surface area is 369 Å². The van der Waals surface area contributed by atoms with E-state index in [1.807, 2.05) is 60.7 Å². The molecule has 6 nitrogen and oxygen atoms in total. The fourth-order valence-corrected chi connectivity index (χ4v) is 10.3. The number of para-hydroxylation sites is 1. The summed E-state index contributed by atoms with van der Waals surface area (Å²) in [6.45, 7) is 0. The van der Waals surface area contributed by atoms with Crippen molar-refractivity contribution in [2.45, 2.75) is 0 Å². The molecule has 0 unspecified atom stereocenters. The second-order valence-corrected chi connectivity index (χ2v) is 17.2. The van der Waals surface area contributed by atoms with Gasteiger partial charge in [-0.25, -0.2) is 15.0 Å². The minimum Gasteiger partial charge on any atom is -0.456 e. The number of rotatable bonds is 5. The molecule has 0 amide bonds. The predicted octanol–water partition coefficient (Wildman–Crippen LogP) is 2.52. The standard InChI is InChI=1S/C51H37B6N5O/c52-29-22-33-41-43(56)44(57)42-34-23-30(53)25-36(55)46(34)62(48(42)47(41)61(45(33)35(54)24-29)31-15-8-3-9-16-31)37-17-10-18-39-40(37)32-21-28(19-20-38(32)63-39)51-59-49(26-11-4-1-5-12-26)58-50(60-51)27-13-6-2-7-14-27/h1-25H,52-57H2. The molecule has 0 atom stereocenters. The van der Waals surface area contributed by atoms with E-state index in [-0.39, 0.29) is 0 Å². The lowest BCUT2D eigenvalue weighted by Gasteiger charge is -2.16. The Hall–Kier alpha value is -7.44. The van der Waals surface area contributed by atoms with Gasteiger partial charge in [-0.15, -0.1) is 0 Å². The van der Waals surface area contributed by atoms with Gasteiger partial charge in [0.2, 0.25) is 0 Å². The van der Waals surface area contributed by atoms with Crippen molar-refractivity contribution in [3.05, 3.63) is 152 Å². The summed E-state index contributed by atoms with van der Waals surface area (Å²) in [4.78, 5) is 15.2. The minimum absolute atomic E-state index is 0.602. The van der Waals surface area contributed by atoms with Gasteiger partial charge in [-0.1, -0.05) is 142 Å². The summed E-state index contributed by atoms with van der Waals surface area (Å²) in [5, 5.41) is 7.12. The lowest BCUT2D eigenvalue weighted by atomic mass is 9.74. The zero-order chi connectivity index (χ0) is 42.7. The number of aromatic nitrogens is 5. The highest BCUT2D eigenvalue weighted by Crippen LogP contribution is 2.42. The van der Waals surface area contributed by atoms with Crippen LogP contribution in [0.3, 0.4) is 0 Å². The van der Waals surface area contributed by atoms with E-state index in [0.29, 0.717) is 17.5 Å². The van der Waals surface area contributed by atoms with Gasteiger partial charge < -0.3 is 13.6 Å². The quantitative estimate of drug-likeness (QED) is 0.252. The van der Waals surface area contributed by atoms with Crippen molar-refractivity contribution in [1.82, 2.24) is 24.1 Å². The third kappa shape index (κ3) is 5.63. The first-order valence-electron chi connectivity index (χ1n) is 21.6. The Morgan fingerprint density at radius 1 is 0.381 bits per heavy atom. The molecule has 0 aliphatic rings. The van der Waals surface area contributed by atoms with Gasteiger partial charge in [-0.05, 0) is 42.5 Å². The molecule has 12 aromatic rings. The van der Waals surface area contributed by atoms with Crippen LogP contribution < -0.4 is 32.8 Å². The summed E-state index contributed by atoms with van der Waals surface area (Å²) in [6, 6.07) is 53.3. The zero-order valence-electron chi connectivity index (χ0n) is 36.1. The van der Waals surface area contributed by atoms with Gasteiger partial charge in [0.15, 0.2) is 17.5 Å². The molecule has 8 aromatic carbocycles. The van der Waals surface area contributed by atoms with Gasteiger partial charge in [0, 0.05) is 60.3 Å². The summed E-state index contributed by atoms with van der Waals surface area (Å²) < 4.78 is 11.8. The van der Waals surface area contributed by atoms with Crippen molar-refractivity contribution in [2.75, 3.05) is 0 Å². The van der Waals surface area contributed by atoms with Gasteiger partial charge in [0.25, 0.3) is 0 Å². The van der Waals surface area contributed by atoms with Crippen LogP contribution in [0.1, 0.15) is 0 Å². The topological polar surface area (TPSA) is 61.7 Å². The van der Waals surface area contributed by atoms with E-state index in [2.05, 4.69) is 147 Å². The molecule has 0 saturated carbocycles. The van der Waals surface area contributed by atoms with E-state index < -0.39 is 0 Å². The van der Waals surface area contributed by atoms with Crippen LogP contribution in [0.25, 0.3) is 111 Å². The molecule has 63 heavy (non-hydrogen) atoms. The van der Waals surface area contributed by atoms with Crippen LogP contribution >= 0.6 is 0 Å². The Morgan fingerprint density at radius 3 is 1.46 bits per heavy atom. The highest BCUT2D eigenvalue weighted by Gasteiger charge is 2.27. The summed E-state index contributed by atoms with van der Waals surface area (Å²) in [6.07, 6.45) is 0. The number of hydrogen-bond acceptors (Lipinski definition) is 4. The summed E-state index contributed by atoms with van der Waals surface area (Å²) >= 11 is 0. The molecule has 12 heteroatoms. The van der Waals surface area contributed by atoms with Crippen molar-refractivity contribution >= 4 is 145 Å². The average Bonchev–Trinajstić information content (AvgIpc) is 3.97. The van der Waals surface area contributed by atoms with Crippen molar-refractivity contribution < 1.29 is 4.42 Å². The van der Waals surface area contributed by atoms with Crippen LogP contribution in [-0.4, -0.2) is 71.2 Å². The number of fused-ring (bicyclic) bond motifs is 10. The van der Waals surface area contributed by atoms with Crippen molar-refractivity contribution in [1.29, 1.82) is 0 Å². The van der Waals surface area contributed by atoms with E-state index in [1.54, 1.807) is 0 Å². The van der Waals surface area contributed by atoms with E-state index in [1.165, 1.54) is 76.4 Å². The fourth-order valence-electron chi connectivity index (χ4n) is 10.3. The number of hydrogen-bond donors (Lipinski definition) is 0. The molecule has 0 bridgehead atoms.